The van der Waals surface area contributed by atoms with Crippen LogP contribution in [0.25, 0.3) is 5.82 Å². The van der Waals surface area contributed by atoms with Gasteiger partial charge in [-0.1, -0.05) is 0 Å². The zero-order chi connectivity index (χ0) is 14.7. The van der Waals surface area contributed by atoms with E-state index < -0.39 is 0 Å². The highest BCUT2D eigenvalue weighted by Gasteiger charge is 2.16. The molecule has 21 heavy (non-hydrogen) atoms. The molecule has 0 radical (unpaired) electrons. The third-order valence-corrected chi connectivity index (χ3v) is 4.15. The minimum atomic E-state index is 0.515. The van der Waals surface area contributed by atoms with Gasteiger partial charge in [0.2, 0.25) is 0 Å². The molecule has 0 amide bonds. The first-order chi connectivity index (χ1) is 10.2. The quantitative estimate of drug-likeness (QED) is 0.941. The topological polar surface area (TPSA) is 46.0 Å². The third-order valence-electron chi connectivity index (χ3n) is 4.15. The Balaban J connectivity index is 1.81. The number of likely N-dealkylation sites (tertiary alicyclic amines) is 1. The molecule has 0 saturated carbocycles. The van der Waals surface area contributed by atoms with Crippen molar-refractivity contribution in [1.29, 1.82) is 0 Å². The Morgan fingerprint density at radius 2 is 2.10 bits per heavy atom. The lowest BCUT2D eigenvalue weighted by molar-refractivity contribution is 0.348. The Morgan fingerprint density at radius 1 is 1.19 bits per heavy atom. The van der Waals surface area contributed by atoms with Gasteiger partial charge in [-0.2, -0.15) is 0 Å². The van der Waals surface area contributed by atoms with Crippen LogP contribution >= 0.6 is 0 Å². The summed E-state index contributed by atoms with van der Waals surface area (Å²) in [6, 6.07) is 4.61. The van der Waals surface area contributed by atoms with Gasteiger partial charge in [-0.05, 0) is 58.5 Å². The lowest BCUT2D eigenvalue weighted by Gasteiger charge is -2.20. The number of aryl methyl sites for hydroxylation is 1. The molecule has 1 fully saturated rings. The number of pyridine rings is 1. The lowest BCUT2D eigenvalue weighted by Crippen LogP contribution is -2.23. The smallest absolute Gasteiger partial charge is 0.161 e. The van der Waals surface area contributed by atoms with E-state index in [-0.39, 0.29) is 0 Å². The Hall–Kier alpha value is -1.88. The minimum absolute atomic E-state index is 0.515. The largest absolute Gasteiger partial charge is 0.379 e. The third kappa shape index (κ3) is 3.24. The Labute approximate surface area is 126 Å². The summed E-state index contributed by atoms with van der Waals surface area (Å²) >= 11 is 0. The Bertz CT molecular complexity index is 592. The second-order valence-electron chi connectivity index (χ2n) is 5.79. The van der Waals surface area contributed by atoms with Crippen molar-refractivity contribution in [3.8, 4) is 5.82 Å². The predicted molar refractivity (Wildman–Crippen MR) is 84.9 cm³/mol. The molecule has 3 rings (SSSR count). The molecule has 1 aliphatic rings. The van der Waals surface area contributed by atoms with Crippen LogP contribution in [-0.4, -0.2) is 45.6 Å². The zero-order valence-corrected chi connectivity index (χ0v) is 12.8. The van der Waals surface area contributed by atoms with Crippen LogP contribution in [0, 0.1) is 6.92 Å². The fraction of sp³-hybridized carbons (Fsp3) is 0.500. The maximum absolute atomic E-state index is 4.54. The van der Waals surface area contributed by atoms with E-state index in [9.17, 15) is 0 Å². The maximum atomic E-state index is 4.54. The summed E-state index contributed by atoms with van der Waals surface area (Å²) < 4.78 is 2.03. The van der Waals surface area contributed by atoms with Crippen molar-refractivity contribution < 1.29 is 0 Å². The van der Waals surface area contributed by atoms with Crippen molar-refractivity contribution in [2.24, 2.45) is 0 Å². The molecule has 112 valence electrons. The molecule has 1 saturated heterocycles. The molecule has 2 aromatic rings. The molecule has 1 atom stereocenters. The molecule has 2 aromatic heterocycles. The van der Waals surface area contributed by atoms with Crippen LogP contribution in [0.1, 0.15) is 25.1 Å². The summed E-state index contributed by atoms with van der Waals surface area (Å²) in [5.74, 6) is 1.89. The van der Waals surface area contributed by atoms with Gasteiger partial charge in [-0.25, -0.2) is 9.97 Å². The monoisotopic (exact) mass is 285 g/mol. The van der Waals surface area contributed by atoms with Crippen LogP contribution < -0.4 is 5.32 Å². The van der Waals surface area contributed by atoms with Gasteiger partial charge < -0.3 is 10.2 Å². The zero-order valence-electron chi connectivity index (χ0n) is 12.8. The van der Waals surface area contributed by atoms with Gasteiger partial charge in [0.15, 0.2) is 5.82 Å². The molecule has 3 heterocycles. The van der Waals surface area contributed by atoms with Crippen LogP contribution in [-0.2, 0) is 0 Å². The van der Waals surface area contributed by atoms with Crippen molar-refractivity contribution >= 4 is 5.69 Å². The van der Waals surface area contributed by atoms with E-state index >= 15 is 0 Å². The summed E-state index contributed by atoms with van der Waals surface area (Å²) in [4.78, 5) is 11.2. The van der Waals surface area contributed by atoms with Crippen LogP contribution in [0.3, 0.4) is 0 Å². The normalized spacial score (nSPS) is 20.2. The van der Waals surface area contributed by atoms with Crippen LogP contribution in [0.2, 0.25) is 0 Å². The summed E-state index contributed by atoms with van der Waals surface area (Å²) in [6.07, 6.45) is 9.24. The average molecular weight is 285 g/mol. The summed E-state index contributed by atoms with van der Waals surface area (Å²) in [7, 11) is 2.20. The van der Waals surface area contributed by atoms with Crippen molar-refractivity contribution in [3.63, 3.8) is 0 Å². The first kappa shape index (κ1) is 14.1. The molecule has 1 aliphatic heterocycles. The highest BCUT2D eigenvalue weighted by Crippen LogP contribution is 2.22. The molecule has 5 nitrogen and oxygen atoms in total. The van der Waals surface area contributed by atoms with Gasteiger partial charge in [0.25, 0.3) is 0 Å². The lowest BCUT2D eigenvalue weighted by atomic mass is 10.1. The van der Waals surface area contributed by atoms with Crippen molar-refractivity contribution in [2.45, 2.75) is 32.2 Å². The van der Waals surface area contributed by atoms with E-state index in [0.717, 1.165) is 23.9 Å². The van der Waals surface area contributed by atoms with Gasteiger partial charge in [0.05, 0.1) is 5.69 Å². The van der Waals surface area contributed by atoms with E-state index in [4.69, 9.17) is 0 Å². The first-order valence-corrected chi connectivity index (χ1v) is 7.64. The van der Waals surface area contributed by atoms with Gasteiger partial charge in [-0.3, -0.25) is 4.57 Å². The number of anilines is 1. The molecule has 5 heteroatoms. The van der Waals surface area contributed by atoms with Crippen LogP contribution in [0.5, 0.6) is 0 Å². The van der Waals surface area contributed by atoms with Crippen molar-refractivity contribution in [2.75, 3.05) is 25.5 Å². The highest BCUT2D eigenvalue weighted by molar-refractivity contribution is 5.57. The highest BCUT2D eigenvalue weighted by atomic mass is 15.1. The standard InChI is InChI=1S/C16H23N5/c1-13-17-9-12-21(13)16-15(6-3-8-18-16)19-14-5-4-10-20(2)11-7-14/h3,6,8-9,12,14,19H,4-5,7,10-11H2,1-2H3. The van der Waals surface area contributed by atoms with Crippen LogP contribution in [0.15, 0.2) is 30.7 Å². The first-order valence-electron chi connectivity index (χ1n) is 7.64. The van der Waals surface area contributed by atoms with Crippen LogP contribution in [0.4, 0.5) is 5.69 Å². The molecule has 0 aromatic carbocycles. The molecule has 1 unspecified atom stereocenters. The SMILES string of the molecule is Cc1nccn1-c1ncccc1NC1CCCN(C)CC1. The summed E-state index contributed by atoms with van der Waals surface area (Å²) in [5.41, 5.74) is 1.09. The predicted octanol–water partition coefficient (Wildman–Crippen LogP) is 2.47. The average Bonchev–Trinajstić information content (AvgIpc) is 2.80. The number of hydrogen-bond acceptors (Lipinski definition) is 4. The molecular weight excluding hydrogens is 262 g/mol. The van der Waals surface area contributed by atoms with Gasteiger partial charge in [-0.15, -0.1) is 0 Å². The van der Waals surface area contributed by atoms with E-state index in [1.807, 2.05) is 36.1 Å². The number of hydrogen-bond donors (Lipinski definition) is 1. The number of nitrogens with zero attached hydrogens (tertiary/aromatic N) is 4. The molecule has 1 N–H and O–H groups in total. The van der Waals surface area contributed by atoms with Gasteiger partial charge >= 0.3 is 0 Å². The molecule has 0 bridgehead atoms. The summed E-state index contributed by atoms with van der Waals surface area (Å²) in [6.45, 7) is 4.34. The number of imidazole rings is 1. The van der Waals surface area contributed by atoms with Gasteiger partial charge in [0, 0.05) is 24.6 Å². The second kappa shape index (κ2) is 6.26. The summed E-state index contributed by atoms with van der Waals surface area (Å²) in [5, 5.41) is 3.69. The van der Waals surface area contributed by atoms with Gasteiger partial charge in [0.1, 0.15) is 5.82 Å². The van der Waals surface area contributed by atoms with Crippen molar-refractivity contribution in [3.05, 3.63) is 36.5 Å². The second-order valence-corrected chi connectivity index (χ2v) is 5.79. The molecule has 0 spiro atoms. The number of rotatable bonds is 3. The number of nitrogens with one attached hydrogen (secondary N) is 1. The minimum Gasteiger partial charge on any atom is -0.379 e. The fourth-order valence-electron chi connectivity index (χ4n) is 2.91. The molecular formula is C16H23N5. The molecule has 0 aliphatic carbocycles. The number of aromatic nitrogens is 3. The van der Waals surface area contributed by atoms with E-state index in [2.05, 4.69) is 33.3 Å². The Kier molecular flexibility index (Phi) is 4.20. The van der Waals surface area contributed by atoms with E-state index in [1.165, 1.54) is 25.8 Å². The van der Waals surface area contributed by atoms with Crippen molar-refractivity contribution in [1.82, 2.24) is 19.4 Å². The van der Waals surface area contributed by atoms with E-state index in [1.54, 1.807) is 0 Å². The maximum Gasteiger partial charge on any atom is 0.161 e. The van der Waals surface area contributed by atoms with E-state index in [0.29, 0.717) is 6.04 Å². The fourth-order valence-corrected chi connectivity index (χ4v) is 2.91. The Morgan fingerprint density at radius 3 is 2.90 bits per heavy atom.